The molecule has 0 unspecified atom stereocenters. The molecule has 1 fully saturated rings. The fourth-order valence-electron chi connectivity index (χ4n) is 1.46. The standard InChI is InChI=1S/C10H11Cl2N3O2/c1-14(6-2-3-6)8(16)5-15-10(17)9(12)7(11)4-13-15/h4,6H,2-3,5H2,1H3. The van der Waals surface area contributed by atoms with Crippen LogP contribution >= 0.6 is 23.2 Å². The zero-order chi connectivity index (χ0) is 12.6. The molecule has 1 saturated carbocycles. The Kier molecular flexibility index (Phi) is 3.40. The minimum atomic E-state index is -0.545. The maximum absolute atomic E-state index is 11.8. The van der Waals surface area contributed by atoms with Gasteiger partial charge in [-0.2, -0.15) is 5.10 Å². The molecule has 17 heavy (non-hydrogen) atoms. The van der Waals surface area contributed by atoms with Gasteiger partial charge >= 0.3 is 0 Å². The average molecular weight is 276 g/mol. The van der Waals surface area contributed by atoms with Crippen molar-refractivity contribution in [3.05, 3.63) is 26.6 Å². The number of nitrogens with zero attached hydrogens (tertiary/aromatic N) is 3. The van der Waals surface area contributed by atoms with E-state index in [0.29, 0.717) is 6.04 Å². The molecule has 1 heterocycles. The molecule has 0 aliphatic heterocycles. The van der Waals surface area contributed by atoms with Crippen molar-refractivity contribution >= 4 is 29.1 Å². The van der Waals surface area contributed by atoms with Crippen molar-refractivity contribution < 1.29 is 4.79 Å². The molecule has 1 aromatic rings. The van der Waals surface area contributed by atoms with Crippen molar-refractivity contribution in [3.63, 3.8) is 0 Å². The average Bonchev–Trinajstić information content (AvgIpc) is 3.13. The molecule has 0 spiro atoms. The Balaban J connectivity index is 2.16. The highest BCUT2D eigenvalue weighted by molar-refractivity contribution is 6.41. The second-order valence-electron chi connectivity index (χ2n) is 4.01. The molecular formula is C10H11Cl2N3O2. The van der Waals surface area contributed by atoms with E-state index in [1.54, 1.807) is 11.9 Å². The number of halogens is 2. The molecule has 5 nitrogen and oxygen atoms in total. The SMILES string of the molecule is CN(C(=O)Cn1ncc(Cl)c(Cl)c1=O)C1CC1. The Morgan fingerprint density at radius 3 is 2.82 bits per heavy atom. The van der Waals surface area contributed by atoms with E-state index < -0.39 is 5.56 Å². The van der Waals surface area contributed by atoms with Gasteiger partial charge in [-0.1, -0.05) is 23.2 Å². The Hall–Kier alpha value is -1.07. The van der Waals surface area contributed by atoms with Gasteiger partial charge in [0.05, 0.1) is 11.2 Å². The molecule has 0 atom stereocenters. The topological polar surface area (TPSA) is 55.2 Å². The molecule has 1 aliphatic rings. The molecule has 0 saturated heterocycles. The van der Waals surface area contributed by atoms with Crippen LogP contribution in [0.1, 0.15) is 12.8 Å². The third-order valence-electron chi connectivity index (χ3n) is 2.72. The van der Waals surface area contributed by atoms with Crippen molar-refractivity contribution in [2.45, 2.75) is 25.4 Å². The van der Waals surface area contributed by atoms with E-state index in [1.807, 2.05) is 0 Å². The van der Waals surface area contributed by atoms with Crippen LogP contribution in [0.4, 0.5) is 0 Å². The lowest BCUT2D eigenvalue weighted by Gasteiger charge is -2.16. The van der Waals surface area contributed by atoms with Gasteiger partial charge in [-0.3, -0.25) is 9.59 Å². The summed E-state index contributed by atoms with van der Waals surface area (Å²) in [4.78, 5) is 25.1. The number of likely N-dealkylation sites (N-methyl/N-ethyl adjacent to an activating group) is 1. The first-order chi connectivity index (χ1) is 8.00. The van der Waals surface area contributed by atoms with Crippen LogP contribution in [0, 0.1) is 0 Å². The number of rotatable bonds is 3. The number of hydrogen-bond acceptors (Lipinski definition) is 3. The van der Waals surface area contributed by atoms with Crippen molar-refractivity contribution in [3.8, 4) is 0 Å². The summed E-state index contributed by atoms with van der Waals surface area (Å²) in [7, 11) is 1.72. The first-order valence-electron chi connectivity index (χ1n) is 5.17. The third kappa shape index (κ3) is 2.61. The van der Waals surface area contributed by atoms with E-state index in [4.69, 9.17) is 23.2 Å². The van der Waals surface area contributed by atoms with E-state index in [9.17, 15) is 9.59 Å². The normalized spacial score (nSPS) is 14.8. The van der Waals surface area contributed by atoms with Crippen LogP contribution in [-0.2, 0) is 11.3 Å². The molecule has 0 N–H and O–H groups in total. The summed E-state index contributed by atoms with van der Waals surface area (Å²) in [6.45, 7) is -0.108. The number of amides is 1. The van der Waals surface area contributed by atoms with Crippen LogP contribution < -0.4 is 5.56 Å². The second-order valence-corrected chi connectivity index (χ2v) is 4.79. The zero-order valence-electron chi connectivity index (χ0n) is 9.19. The molecule has 1 aliphatic carbocycles. The van der Waals surface area contributed by atoms with Gasteiger partial charge in [0.2, 0.25) is 5.91 Å². The Labute approximate surface area is 108 Å². The molecule has 2 rings (SSSR count). The Morgan fingerprint density at radius 1 is 1.59 bits per heavy atom. The fraction of sp³-hybridized carbons (Fsp3) is 0.500. The number of aromatic nitrogens is 2. The maximum atomic E-state index is 11.8. The first-order valence-corrected chi connectivity index (χ1v) is 5.93. The van der Waals surface area contributed by atoms with E-state index >= 15 is 0 Å². The predicted octanol–water partition coefficient (Wildman–Crippen LogP) is 1.17. The number of carbonyl (C=O) groups is 1. The molecule has 0 aromatic carbocycles. The van der Waals surface area contributed by atoms with E-state index in [2.05, 4.69) is 5.10 Å². The Morgan fingerprint density at radius 2 is 2.24 bits per heavy atom. The summed E-state index contributed by atoms with van der Waals surface area (Å²) in [6.07, 6.45) is 3.30. The van der Waals surface area contributed by atoms with Gasteiger partial charge in [-0.15, -0.1) is 0 Å². The minimum absolute atomic E-state index is 0.0934. The first kappa shape index (κ1) is 12.4. The smallest absolute Gasteiger partial charge is 0.287 e. The maximum Gasteiger partial charge on any atom is 0.287 e. The van der Waals surface area contributed by atoms with Crippen molar-refractivity contribution in [1.82, 2.24) is 14.7 Å². The highest BCUT2D eigenvalue weighted by Crippen LogP contribution is 2.25. The summed E-state index contributed by atoms with van der Waals surface area (Å²) in [5, 5.41) is 3.77. The second kappa shape index (κ2) is 4.66. The van der Waals surface area contributed by atoms with Crippen LogP contribution in [-0.4, -0.2) is 33.7 Å². The van der Waals surface area contributed by atoms with E-state index in [0.717, 1.165) is 17.5 Å². The van der Waals surface area contributed by atoms with Gasteiger partial charge in [-0.05, 0) is 12.8 Å². The van der Waals surface area contributed by atoms with Crippen LogP contribution in [0.3, 0.4) is 0 Å². The molecule has 7 heteroatoms. The minimum Gasteiger partial charge on any atom is -0.341 e. The summed E-state index contributed by atoms with van der Waals surface area (Å²) in [5.74, 6) is -0.152. The summed E-state index contributed by atoms with van der Waals surface area (Å²) in [5.41, 5.74) is -0.545. The summed E-state index contributed by atoms with van der Waals surface area (Å²) in [6, 6.07) is 0.306. The van der Waals surface area contributed by atoms with Gasteiger partial charge in [0, 0.05) is 13.1 Å². The number of carbonyl (C=O) groups excluding carboxylic acids is 1. The Bertz CT molecular complexity index is 511. The van der Waals surface area contributed by atoms with Crippen LogP contribution in [0.5, 0.6) is 0 Å². The molecule has 1 aromatic heterocycles. The quantitative estimate of drug-likeness (QED) is 0.832. The lowest BCUT2D eigenvalue weighted by molar-refractivity contribution is -0.131. The molecule has 0 bridgehead atoms. The monoisotopic (exact) mass is 275 g/mol. The molecule has 92 valence electrons. The van der Waals surface area contributed by atoms with Gasteiger partial charge in [-0.25, -0.2) is 4.68 Å². The lowest BCUT2D eigenvalue weighted by atomic mass is 10.4. The van der Waals surface area contributed by atoms with Crippen LogP contribution in [0.15, 0.2) is 11.0 Å². The van der Waals surface area contributed by atoms with Crippen LogP contribution in [0.25, 0.3) is 0 Å². The van der Waals surface area contributed by atoms with Gasteiger partial charge in [0.15, 0.2) is 0 Å². The predicted molar refractivity (Wildman–Crippen MR) is 64.3 cm³/mol. The third-order valence-corrected chi connectivity index (χ3v) is 3.46. The molecule has 0 radical (unpaired) electrons. The molecule has 1 amide bonds. The van der Waals surface area contributed by atoms with Crippen molar-refractivity contribution in [1.29, 1.82) is 0 Å². The fourth-order valence-corrected chi connectivity index (χ4v) is 1.73. The lowest BCUT2D eigenvalue weighted by Crippen LogP contribution is -2.36. The van der Waals surface area contributed by atoms with Crippen LogP contribution in [0.2, 0.25) is 10.0 Å². The van der Waals surface area contributed by atoms with E-state index in [-0.39, 0.29) is 22.5 Å². The van der Waals surface area contributed by atoms with Gasteiger partial charge in [0.25, 0.3) is 5.56 Å². The highest BCUT2D eigenvalue weighted by atomic mass is 35.5. The van der Waals surface area contributed by atoms with Gasteiger partial charge in [0.1, 0.15) is 11.6 Å². The van der Waals surface area contributed by atoms with Crippen molar-refractivity contribution in [2.24, 2.45) is 0 Å². The zero-order valence-corrected chi connectivity index (χ0v) is 10.7. The van der Waals surface area contributed by atoms with Crippen molar-refractivity contribution in [2.75, 3.05) is 7.05 Å². The highest BCUT2D eigenvalue weighted by Gasteiger charge is 2.29. The summed E-state index contributed by atoms with van der Waals surface area (Å²) >= 11 is 11.3. The van der Waals surface area contributed by atoms with E-state index in [1.165, 1.54) is 6.20 Å². The molecular weight excluding hydrogens is 265 g/mol. The largest absolute Gasteiger partial charge is 0.341 e. The van der Waals surface area contributed by atoms with Gasteiger partial charge < -0.3 is 4.90 Å². The summed E-state index contributed by atoms with van der Waals surface area (Å²) < 4.78 is 1.02. The number of hydrogen-bond donors (Lipinski definition) is 0.